The van der Waals surface area contributed by atoms with Gasteiger partial charge in [0.2, 0.25) is 0 Å². The fourth-order valence-electron chi connectivity index (χ4n) is 3.38. The lowest BCUT2D eigenvalue weighted by molar-refractivity contribution is -0.0836. The minimum atomic E-state index is -5.96. The molecule has 0 amide bonds. The molecule has 42 heteroatoms. The van der Waals surface area contributed by atoms with Crippen LogP contribution in [0.1, 0.15) is 6.42 Å². The van der Waals surface area contributed by atoms with E-state index in [1.807, 2.05) is 23.7 Å². The van der Waals surface area contributed by atoms with Gasteiger partial charge in [0, 0.05) is 6.42 Å². The zero-order valence-electron chi connectivity index (χ0n) is 27.1. The molecule has 0 saturated carbocycles. The minimum Gasteiger partial charge on any atom is -0.389 e. The molecule has 0 spiro atoms. The second-order valence-corrected chi connectivity index (χ2v) is 17.9. The maximum Gasteiger partial charge on any atom is 0.397 e. The highest BCUT2D eigenvalue weighted by atomic mass is 32.3. The molecule has 0 aromatic rings. The molecule has 0 radical (unpaired) electrons. The van der Waals surface area contributed by atoms with Crippen molar-refractivity contribution in [2.75, 3.05) is 26.4 Å². The smallest absolute Gasteiger partial charge is 0.389 e. The van der Waals surface area contributed by atoms with Crippen LogP contribution < -0.4 is 0 Å². The van der Waals surface area contributed by atoms with Crippen LogP contribution in [0, 0.1) is 23.7 Å². The summed E-state index contributed by atoms with van der Waals surface area (Å²) in [5.41, 5.74) is 0. The van der Waals surface area contributed by atoms with Gasteiger partial charge >= 0.3 is 83.2 Å². The second-order valence-electron chi connectivity index (χ2n) is 9.47. The number of hydrogen-bond donors (Lipinski definition) is 9. The molecule has 0 aromatic heterocycles. The third-order valence-corrected chi connectivity index (χ3v) is 8.74. The van der Waals surface area contributed by atoms with Crippen molar-refractivity contribution in [3.05, 3.63) is 0 Å². The van der Waals surface area contributed by atoms with Crippen LogP contribution in [0.2, 0.25) is 0 Å². The average molecular weight is 1020 g/mol. The molecule has 58 heavy (non-hydrogen) atoms. The highest BCUT2D eigenvalue weighted by Crippen LogP contribution is 2.23. The van der Waals surface area contributed by atoms with Gasteiger partial charge in [0.1, 0.15) is 43.2 Å². The van der Waals surface area contributed by atoms with E-state index in [1.165, 1.54) is 0 Å². The molecule has 0 aromatic carbocycles. The van der Waals surface area contributed by atoms with Crippen molar-refractivity contribution < 1.29 is 147 Å². The Labute approximate surface area is 328 Å². The lowest BCUT2D eigenvalue weighted by atomic mass is 10.0. The summed E-state index contributed by atoms with van der Waals surface area (Å²) in [6.07, 6.45) is -21.9. The first kappa shape index (κ1) is 56.0. The van der Waals surface area contributed by atoms with Gasteiger partial charge in [0.05, 0.1) is 25.9 Å². The molecule has 0 heterocycles. The maximum absolute atomic E-state index is 11.4. The molecular weight excluding hydrogens is 993 g/mol. The molecule has 0 bridgehead atoms. The monoisotopic (exact) mass is 1020 g/mol. The molecular formula is C16H26O34S8. The fraction of sp³-hybridized carbons (Fsp3) is 0.750. The summed E-state index contributed by atoms with van der Waals surface area (Å²) >= 11 is 0. The molecule has 0 fully saturated rings. The molecule has 0 aliphatic rings. The lowest BCUT2D eigenvalue weighted by Gasteiger charge is -2.31. The molecule has 34 nitrogen and oxygen atoms in total. The van der Waals surface area contributed by atoms with Crippen LogP contribution in [0.5, 0.6) is 0 Å². The first-order chi connectivity index (χ1) is 25.7. The molecule has 9 N–H and O–H groups in total. The summed E-state index contributed by atoms with van der Waals surface area (Å²) in [5, 5.41) is 10.5. The van der Waals surface area contributed by atoms with E-state index in [-0.39, 0.29) is 0 Å². The topological polar surface area (TPSA) is 538 Å². The zero-order chi connectivity index (χ0) is 45.8. The number of rotatable bonds is 27. The van der Waals surface area contributed by atoms with Gasteiger partial charge in [-0.25, -0.2) is 33.5 Å². The minimum absolute atomic E-state index is 1.03. The maximum atomic E-state index is 11.4. The van der Waals surface area contributed by atoms with Crippen LogP contribution in [-0.2, 0) is 121 Å². The van der Waals surface area contributed by atoms with Gasteiger partial charge in [-0.05, 0) is 11.8 Å². The molecule has 342 valence electrons. The number of aliphatic hydroxyl groups is 1. The Balaban J connectivity index is 6.55. The molecule has 0 aliphatic heterocycles. The van der Waals surface area contributed by atoms with E-state index in [1.54, 1.807) is 0 Å². The van der Waals surface area contributed by atoms with Crippen molar-refractivity contribution in [2.45, 2.75) is 49.1 Å². The number of aliphatic hydroxyl groups excluding tert-OH is 1. The molecule has 0 saturated heterocycles. The van der Waals surface area contributed by atoms with E-state index >= 15 is 0 Å². The zero-order valence-corrected chi connectivity index (χ0v) is 33.6. The Hall–Kier alpha value is -2.00. The van der Waals surface area contributed by atoms with E-state index in [0.717, 1.165) is 0 Å². The summed E-state index contributed by atoms with van der Waals surface area (Å²) in [6, 6.07) is 0. The SMILES string of the molecule is O=S(=O)(O)OC[C@@H](OS(=O)(=O)O)[C@@H](OS(=O)(=O)O)[C@@H](COCC#CC#CCC(O)[C@@H](OS(=O)(=O)O)[C@H](OS(=O)(=O)O)[C@@H](COS(=O)(=O)O)OS(=O)(=O)O)OS(=O)(=O)O. The van der Waals surface area contributed by atoms with Crippen LogP contribution in [0.4, 0.5) is 0 Å². The molecule has 1 unspecified atom stereocenters. The van der Waals surface area contributed by atoms with E-state index in [9.17, 15) is 72.4 Å². The summed E-state index contributed by atoms with van der Waals surface area (Å²) in [7, 11) is -46.3. The Bertz CT molecular complexity index is 2410. The average Bonchev–Trinajstić information content (AvgIpc) is 2.94. The van der Waals surface area contributed by atoms with Gasteiger partial charge < -0.3 is 9.84 Å². The van der Waals surface area contributed by atoms with E-state index in [2.05, 4.69) is 33.5 Å². The van der Waals surface area contributed by atoms with Crippen molar-refractivity contribution >= 4 is 83.2 Å². The van der Waals surface area contributed by atoms with Gasteiger partial charge in [-0.3, -0.25) is 36.4 Å². The lowest BCUT2D eigenvalue weighted by Crippen LogP contribution is -2.52. The largest absolute Gasteiger partial charge is 0.397 e. The number of hydrogen-bond acceptors (Lipinski definition) is 26. The first-order valence-corrected chi connectivity index (χ1v) is 24.0. The Morgan fingerprint density at radius 3 is 1.05 bits per heavy atom. The van der Waals surface area contributed by atoms with Gasteiger partial charge in [0.25, 0.3) is 0 Å². The highest BCUT2D eigenvalue weighted by Gasteiger charge is 2.45. The van der Waals surface area contributed by atoms with Crippen molar-refractivity contribution in [3.63, 3.8) is 0 Å². The van der Waals surface area contributed by atoms with Crippen LogP contribution in [0.3, 0.4) is 0 Å². The first-order valence-electron chi connectivity index (χ1n) is 13.0. The Morgan fingerprint density at radius 2 is 0.690 bits per heavy atom. The Morgan fingerprint density at radius 1 is 0.379 bits per heavy atom. The summed E-state index contributed by atoms with van der Waals surface area (Å²) in [5.74, 6) is 7.55. The van der Waals surface area contributed by atoms with E-state index in [4.69, 9.17) is 41.2 Å². The molecule has 0 aliphatic carbocycles. The van der Waals surface area contributed by atoms with Crippen molar-refractivity contribution in [2.24, 2.45) is 0 Å². The van der Waals surface area contributed by atoms with Gasteiger partial charge in [-0.1, -0.05) is 11.8 Å². The van der Waals surface area contributed by atoms with Crippen LogP contribution >= 0.6 is 0 Å². The van der Waals surface area contributed by atoms with Crippen molar-refractivity contribution in [3.8, 4) is 23.7 Å². The Kier molecular flexibility index (Phi) is 21.4. The van der Waals surface area contributed by atoms with E-state index < -0.39 is 159 Å². The fourth-order valence-corrected chi connectivity index (χ4v) is 6.99. The normalized spacial score (nSPS) is 17.3. The number of ether oxygens (including phenoxy) is 1. The van der Waals surface area contributed by atoms with Gasteiger partial charge in [-0.15, -0.1) is 0 Å². The van der Waals surface area contributed by atoms with Crippen molar-refractivity contribution in [1.82, 2.24) is 0 Å². The van der Waals surface area contributed by atoms with Gasteiger partial charge in [0.15, 0.2) is 0 Å². The summed E-state index contributed by atoms with van der Waals surface area (Å²) < 4.78 is 288. The molecule has 7 atom stereocenters. The van der Waals surface area contributed by atoms with Crippen LogP contribution in [0.25, 0.3) is 0 Å². The standard InChI is InChI=1S/C16H26O34S8/c17-10(14(48-56(33,34)35)16(50-58(39,40)41)13(47-55(30,31)32)9-44-52(21,22)23)5-3-1-2-4-6-42-7-11(45-53(24,25)26)15(49-57(36,37)38)12(46-54(27,28)29)8-43-51(18,19)20/h10-17H,5-9H2,(H,18,19,20)(H,21,22,23)(H,24,25,26)(H,27,28,29)(H,30,31,32)(H,33,34,35)(H,36,37,38)(H,39,40,41)/t10?,11-,12-,13-,14-,15+,16-/m1/s1. The third-order valence-electron chi connectivity index (χ3n) is 5.01. The third kappa shape index (κ3) is 30.1. The van der Waals surface area contributed by atoms with E-state index in [0.29, 0.717) is 0 Å². The summed E-state index contributed by atoms with van der Waals surface area (Å²) in [4.78, 5) is 0. The molecule has 0 rings (SSSR count). The predicted octanol–water partition coefficient (Wildman–Crippen LogP) is -6.47. The predicted molar refractivity (Wildman–Crippen MR) is 171 cm³/mol. The van der Waals surface area contributed by atoms with Crippen molar-refractivity contribution in [1.29, 1.82) is 0 Å². The van der Waals surface area contributed by atoms with Crippen LogP contribution in [0.15, 0.2) is 0 Å². The quantitative estimate of drug-likeness (QED) is 0.0210. The van der Waals surface area contributed by atoms with Crippen LogP contribution in [-0.4, -0.2) is 178 Å². The second kappa shape index (κ2) is 22.2. The van der Waals surface area contributed by atoms with Gasteiger partial charge in [-0.2, -0.15) is 67.3 Å². The summed E-state index contributed by atoms with van der Waals surface area (Å²) in [6.45, 7) is -6.32. The highest BCUT2D eigenvalue weighted by molar-refractivity contribution is 7.82.